The molecular weight excluding hydrogens is 237 g/mol. The van der Waals surface area contributed by atoms with Gasteiger partial charge in [0.05, 0.1) is 29.8 Å². The third-order valence-corrected chi connectivity index (χ3v) is 2.19. The molecule has 1 rings (SSSR count). The van der Waals surface area contributed by atoms with E-state index in [1.807, 2.05) is 0 Å². The van der Waals surface area contributed by atoms with Crippen molar-refractivity contribution in [1.82, 2.24) is 0 Å². The van der Waals surface area contributed by atoms with Crippen molar-refractivity contribution in [3.63, 3.8) is 0 Å². The molecule has 7 heteroatoms. The first-order valence-corrected chi connectivity index (χ1v) is 4.52. The minimum Gasteiger partial charge on any atom is -0.508 e. The second-order valence-corrected chi connectivity index (χ2v) is 3.36. The predicted molar refractivity (Wildman–Crippen MR) is 51.8 cm³/mol. The molecule has 0 aliphatic carbocycles. The minimum atomic E-state index is -4.73. The molecule has 0 aliphatic heterocycles. The van der Waals surface area contributed by atoms with Crippen molar-refractivity contribution in [3.05, 3.63) is 28.8 Å². The van der Waals surface area contributed by atoms with Gasteiger partial charge in [0.1, 0.15) is 5.75 Å². The molecule has 0 bridgehead atoms. The largest absolute Gasteiger partial charge is 0.508 e. The van der Waals surface area contributed by atoms with Gasteiger partial charge in [-0.25, -0.2) is 0 Å². The summed E-state index contributed by atoms with van der Waals surface area (Å²) in [5.41, 5.74) is 3.40. The third kappa shape index (κ3) is 2.67. The molecule has 1 aromatic carbocycles. The number of aromatic hydroxyl groups is 1. The Labute approximate surface area is 94.7 Å². The van der Waals surface area contributed by atoms with E-state index in [0.717, 1.165) is 6.07 Å². The minimum absolute atomic E-state index is 0.1000. The molecule has 0 radical (unpaired) electrons. The number of alkyl halides is 3. The standard InChI is InChI=1S/C10H9F3N2O2/c11-10(12,13)7-2-9(17)6(8(15)4-16)1-5(7)3-14/h1-2,8,16-17H,4,15H2/t8-/m1/s1. The monoisotopic (exact) mass is 246 g/mol. The van der Waals surface area contributed by atoms with Gasteiger partial charge >= 0.3 is 6.18 Å². The molecule has 92 valence electrons. The van der Waals surface area contributed by atoms with E-state index < -0.39 is 35.7 Å². The summed E-state index contributed by atoms with van der Waals surface area (Å²) in [6.07, 6.45) is -4.73. The fourth-order valence-electron chi connectivity index (χ4n) is 1.33. The molecule has 0 saturated heterocycles. The number of hydrogen-bond donors (Lipinski definition) is 3. The number of aliphatic hydroxyl groups excluding tert-OH is 1. The van der Waals surface area contributed by atoms with E-state index in [4.69, 9.17) is 16.1 Å². The number of nitrogens with zero attached hydrogens (tertiary/aromatic N) is 1. The van der Waals surface area contributed by atoms with Crippen LogP contribution in [-0.2, 0) is 6.18 Å². The van der Waals surface area contributed by atoms with Crippen molar-refractivity contribution in [2.24, 2.45) is 5.73 Å². The van der Waals surface area contributed by atoms with E-state index in [1.165, 1.54) is 6.07 Å². The Kier molecular flexibility index (Phi) is 3.60. The van der Waals surface area contributed by atoms with Gasteiger partial charge in [0, 0.05) is 5.56 Å². The van der Waals surface area contributed by atoms with Gasteiger partial charge in [-0.15, -0.1) is 0 Å². The Hall–Kier alpha value is -1.78. The highest BCUT2D eigenvalue weighted by atomic mass is 19.4. The number of nitrogens with two attached hydrogens (primary N) is 1. The van der Waals surface area contributed by atoms with Gasteiger partial charge in [-0.1, -0.05) is 0 Å². The summed E-state index contributed by atoms with van der Waals surface area (Å²) in [4.78, 5) is 0. The normalized spacial score (nSPS) is 13.2. The number of benzene rings is 1. The van der Waals surface area contributed by atoms with Crippen LogP contribution in [0.3, 0.4) is 0 Å². The molecule has 1 aromatic rings. The Morgan fingerprint density at radius 1 is 1.41 bits per heavy atom. The van der Waals surface area contributed by atoms with Crippen LogP contribution in [0.5, 0.6) is 5.75 Å². The smallest absolute Gasteiger partial charge is 0.417 e. The van der Waals surface area contributed by atoms with E-state index in [-0.39, 0.29) is 5.56 Å². The van der Waals surface area contributed by atoms with Gasteiger partial charge in [-0.2, -0.15) is 18.4 Å². The molecule has 0 fully saturated rings. The Bertz CT molecular complexity index is 466. The molecule has 17 heavy (non-hydrogen) atoms. The quantitative estimate of drug-likeness (QED) is 0.733. The summed E-state index contributed by atoms with van der Waals surface area (Å²) in [6, 6.07) is 1.61. The first-order valence-electron chi connectivity index (χ1n) is 4.52. The van der Waals surface area contributed by atoms with E-state index in [0.29, 0.717) is 6.07 Å². The predicted octanol–water partition coefficient (Wildman–Crippen LogP) is 1.27. The van der Waals surface area contributed by atoms with Crippen LogP contribution in [0.4, 0.5) is 13.2 Å². The van der Waals surface area contributed by atoms with Crippen LogP contribution in [0, 0.1) is 11.3 Å². The Morgan fingerprint density at radius 2 is 2.00 bits per heavy atom. The van der Waals surface area contributed by atoms with Crippen LogP contribution in [0.15, 0.2) is 12.1 Å². The van der Waals surface area contributed by atoms with E-state index in [9.17, 15) is 18.3 Å². The van der Waals surface area contributed by atoms with Crippen LogP contribution in [-0.4, -0.2) is 16.8 Å². The van der Waals surface area contributed by atoms with Crippen molar-refractivity contribution < 1.29 is 23.4 Å². The summed E-state index contributed by atoms with van der Waals surface area (Å²) in [5.74, 6) is -0.696. The molecule has 0 heterocycles. The number of hydrogen-bond acceptors (Lipinski definition) is 4. The second kappa shape index (κ2) is 4.61. The van der Waals surface area contributed by atoms with Crippen molar-refractivity contribution in [1.29, 1.82) is 5.26 Å². The average Bonchev–Trinajstić information content (AvgIpc) is 2.26. The molecule has 0 aromatic heterocycles. The molecule has 4 nitrogen and oxygen atoms in total. The number of nitriles is 1. The number of aliphatic hydroxyl groups is 1. The van der Waals surface area contributed by atoms with Crippen LogP contribution in [0.2, 0.25) is 0 Å². The van der Waals surface area contributed by atoms with Gasteiger partial charge in [-0.05, 0) is 12.1 Å². The SMILES string of the molecule is N#Cc1cc([C@H](N)CO)c(O)cc1C(F)(F)F. The number of phenols is 1. The maximum atomic E-state index is 12.5. The molecule has 0 spiro atoms. The molecule has 1 atom stereocenters. The van der Waals surface area contributed by atoms with E-state index in [2.05, 4.69) is 0 Å². The van der Waals surface area contributed by atoms with Crippen LogP contribution in [0.1, 0.15) is 22.7 Å². The van der Waals surface area contributed by atoms with Crippen LogP contribution < -0.4 is 5.73 Å². The highest BCUT2D eigenvalue weighted by molar-refractivity contribution is 5.49. The van der Waals surface area contributed by atoms with Crippen molar-refractivity contribution >= 4 is 0 Å². The Balaban J connectivity index is 3.42. The van der Waals surface area contributed by atoms with Gasteiger partial charge in [0.25, 0.3) is 0 Å². The second-order valence-electron chi connectivity index (χ2n) is 3.36. The first-order chi connectivity index (χ1) is 7.81. The Morgan fingerprint density at radius 3 is 2.41 bits per heavy atom. The van der Waals surface area contributed by atoms with Crippen molar-refractivity contribution in [2.45, 2.75) is 12.2 Å². The fraction of sp³-hybridized carbons (Fsp3) is 0.300. The zero-order chi connectivity index (χ0) is 13.2. The number of rotatable bonds is 2. The van der Waals surface area contributed by atoms with Crippen LogP contribution in [0.25, 0.3) is 0 Å². The summed E-state index contributed by atoms with van der Waals surface area (Å²) in [5, 5.41) is 26.8. The molecule has 0 amide bonds. The summed E-state index contributed by atoms with van der Waals surface area (Å²) in [7, 11) is 0. The maximum absolute atomic E-state index is 12.5. The average molecular weight is 246 g/mol. The maximum Gasteiger partial charge on any atom is 0.417 e. The topological polar surface area (TPSA) is 90.3 Å². The van der Waals surface area contributed by atoms with E-state index in [1.54, 1.807) is 0 Å². The van der Waals surface area contributed by atoms with Gasteiger partial charge in [0.2, 0.25) is 0 Å². The first kappa shape index (κ1) is 13.3. The highest BCUT2D eigenvalue weighted by Gasteiger charge is 2.35. The highest BCUT2D eigenvalue weighted by Crippen LogP contribution is 2.36. The summed E-state index contributed by atoms with van der Waals surface area (Å²) >= 11 is 0. The molecule has 4 N–H and O–H groups in total. The van der Waals surface area contributed by atoms with Gasteiger partial charge < -0.3 is 15.9 Å². The molecule has 0 saturated carbocycles. The van der Waals surface area contributed by atoms with Crippen molar-refractivity contribution in [2.75, 3.05) is 6.61 Å². The lowest BCUT2D eigenvalue weighted by molar-refractivity contribution is -0.137. The van der Waals surface area contributed by atoms with Gasteiger partial charge in [0.15, 0.2) is 0 Å². The summed E-state index contributed by atoms with van der Waals surface area (Å²) in [6.45, 7) is -0.552. The zero-order valence-electron chi connectivity index (χ0n) is 8.49. The fourth-order valence-corrected chi connectivity index (χ4v) is 1.33. The summed E-state index contributed by atoms with van der Waals surface area (Å²) < 4.78 is 37.5. The zero-order valence-corrected chi connectivity index (χ0v) is 8.49. The number of halogens is 3. The lowest BCUT2D eigenvalue weighted by Gasteiger charge is -2.15. The third-order valence-electron chi connectivity index (χ3n) is 2.19. The molecular formula is C10H9F3N2O2. The lowest BCUT2D eigenvalue weighted by Crippen LogP contribution is -2.16. The van der Waals surface area contributed by atoms with Crippen LogP contribution >= 0.6 is 0 Å². The number of phenolic OH excluding ortho intramolecular Hbond substituents is 1. The van der Waals surface area contributed by atoms with Gasteiger partial charge in [-0.3, -0.25) is 0 Å². The molecule has 0 aliphatic rings. The lowest BCUT2D eigenvalue weighted by atomic mass is 9.99. The van der Waals surface area contributed by atoms with Crippen molar-refractivity contribution in [3.8, 4) is 11.8 Å². The van der Waals surface area contributed by atoms with E-state index >= 15 is 0 Å². The molecule has 0 unspecified atom stereocenters.